The zero-order valence-electron chi connectivity index (χ0n) is 11.1. The van der Waals surface area contributed by atoms with Crippen molar-refractivity contribution in [2.24, 2.45) is 0 Å². The Balaban J connectivity index is 2.19. The van der Waals surface area contributed by atoms with Crippen molar-refractivity contribution in [1.29, 1.82) is 0 Å². The fourth-order valence-electron chi connectivity index (χ4n) is 1.75. The Bertz CT molecular complexity index is 599. The Kier molecular flexibility index (Phi) is 4.20. The van der Waals surface area contributed by atoms with E-state index in [0.717, 1.165) is 5.56 Å². The average Bonchev–Trinajstić information content (AvgIpc) is 2.46. The van der Waals surface area contributed by atoms with Crippen LogP contribution in [0.3, 0.4) is 0 Å². The van der Waals surface area contributed by atoms with E-state index in [1.165, 1.54) is 12.4 Å². The molecule has 1 atom stereocenters. The summed E-state index contributed by atoms with van der Waals surface area (Å²) in [4.78, 5) is 20.8. The number of benzene rings is 1. The largest absolute Gasteiger partial charge is 0.478 e. The number of carbonyl (C=O) groups is 1. The van der Waals surface area contributed by atoms with E-state index < -0.39 is 5.97 Å². The van der Waals surface area contributed by atoms with Gasteiger partial charge in [-0.2, -0.15) is 0 Å². The summed E-state index contributed by atoms with van der Waals surface area (Å²) in [5.74, 6) is -0.567. The van der Waals surface area contributed by atoms with Gasteiger partial charge in [-0.3, -0.25) is 0 Å². The average molecular weight is 292 g/mol. The fourth-order valence-corrected chi connectivity index (χ4v) is 1.88. The molecule has 104 valence electrons. The number of hydrogen-bond acceptors (Lipinski definition) is 4. The summed E-state index contributed by atoms with van der Waals surface area (Å²) in [6, 6.07) is 7.58. The molecule has 0 amide bonds. The van der Waals surface area contributed by atoms with Crippen LogP contribution in [-0.4, -0.2) is 28.1 Å². The zero-order chi connectivity index (χ0) is 14.7. The minimum absolute atomic E-state index is 0.0444. The van der Waals surface area contributed by atoms with Crippen LogP contribution in [0.1, 0.15) is 28.9 Å². The van der Waals surface area contributed by atoms with Gasteiger partial charge in [0.05, 0.1) is 11.6 Å². The van der Waals surface area contributed by atoms with E-state index in [1.54, 1.807) is 0 Å². The summed E-state index contributed by atoms with van der Waals surface area (Å²) in [6.07, 6.45) is 2.60. The molecule has 6 heteroatoms. The molecule has 0 fully saturated rings. The van der Waals surface area contributed by atoms with Crippen LogP contribution < -0.4 is 4.90 Å². The molecule has 1 N–H and O–H groups in total. The lowest BCUT2D eigenvalue weighted by molar-refractivity contribution is 0.0696. The maximum atomic E-state index is 10.8. The topological polar surface area (TPSA) is 66.3 Å². The molecule has 0 aliphatic heterocycles. The van der Waals surface area contributed by atoms with Gasteiger partial charge >= 0.3 is 5.97 Å². The third-order valence-corrected chi connectivity index (χ3v) is 3.39. The van der Waals surface area contributed by atoms with Crippen LogP contribution in [0, 0.1) is 0 Å². The highest BCUT2D eigenvalue weighted by Crippen LogP contribution is 2.23. The first kappa shape index (κ1) is 14.3. The molecule has 0 saturated heterocycles. The van der Waals surface area contributed by atoms with Crippen LogP contribution in [-0.2, 0) is 0 Å². The van der Waals surface area contributed by atoms with Crippen molar-refractivity contribution in [3.8, 4) is 0 Å². The minimum Gasteiger partial charge on any atom is -0.478 e. The summed E-state index contributed by atoms with van der Waals surface area (Å²) < 4.78 is 0. The van der Waals surface area contributed by atoms with Gasteiger partial charge in [-0.25, -0.2) is 14.8 Å². The van der Waals surface area contributed by atoms with E-state index in [0.29, 0.717) is 11.0 Å². The summed E-state index contributed by atoms with van der Waals surface area (Å²) in [5.41, 5.74) is 1.14. The van der Waals surface area contributed by atoms with Gasteiger partial charge in [0.15, 0.2) is 0 Å². The first-order chi connectivity index (χ1) is 9.49. The lowest BCUT2D eigenvalue weighted by atomic mass is 10.1. The maximum Gasteiger partial charge on any atom is 0.338 e. The summed E-state index contributed by atoms with van der Waals surface area (Å²) in [7, 11) is 1.86. The highest BCUT2D eigenvalue weighted by atomic mass is 35.5. The van der Waals surface area contributed by atoms with Gasteiger partial charge in [-0.05, 0) is 24.6 Å². The van der Waals surface area contributed by atoms with Crippen molar-refractivity contribution in [3.63, 3.8) is 0 Å². The standard InChI is InChI=1S/C14H14ClN3O2/c1-9(10-3-5-12(15)6-4-10)18(2)14-16-7-11(8-17-14)13(19)20/h3-9H,1-2H3,(H,19,20). The lowest BCUT2D eigenvalue weighted by Gasteiger charge is -2.25. The zero-order valence-corrected chi connectivity index (χ0v) is 11.9. The van der Waals surface area contributed by atoms with Crippen LogP contribution in [0.15, 0.2) is 36.7 Å². The van der Waals surface area contributed by atoms with Crippen molar-refractivity contribution >= 4 is 23.5 Å². The second kappa shape index (κ2) is 5.88. The predicted octanol–water partition coefficient (Wildman–Crippen LogP) is 3.03. The van der Waals surface area contributed by atoms with Crippen LogP contribution in [0.2, 0.25) is 5.02 Å². The number of aromatic carboxylic acids is 1. The van der Waals surface area contributed by atoms with E-state index >= 15 is 0 Å². The highest BCUT2D eigenvalue weighted by Gasteiger charge is 2.15. The first-order valence-electron chi connectivity index (χ1n) is 6.02. The van der Waals surface area contributed by atoms with Crippen molar-refractivity contribution in [3.05, 3.63) is 52.8 Å². The maximum absolute atomic E-state index is 10.8. The van der Waals surface area contributed by atoms with Gasteiger partial charge in [0, 0.05) is 24.5 Å². The molecule has 1 unspecified atom stereocenters. The SMILES string of the molecule is CC(c1ccc(Cl)cc1)N(C)c1ncc(C(=O)O)cn1. The van der Waals surface area contributed by atoms with Gasteiger partial charge in [0.1, 0.15) is 0 Å². The van der Waals surface area contributed by atoms with Crippen LogP contribution in [0.25, 0.3) is 0 Å². The monoisotopic (exact) mass is 291 g/mol. The first-order valence-corrected chi connectivity index (χ1v) is 6.40. The number of nitrogens with zero attached hydrogens (tertiary/aromatic N) is 3. The smallest absolute Gasteiger partial charge is 0.338 e. The molecular formula is C14H14ClN3O2. The van der Waals surface area contributed by atoms with Crippen molar-refractivity contribution in [2.75, 3.05) is 11.9 Å². The number of aromatic nitrogens is 2. The second-order valence-corrected chi connectivity index (χ2v) is 4.85. The Morgan fingerprint density at radius 3 is 2.30 bits per heavy atom. The molecule has 5 nitrogen and oxygen atoms in total. The highest BCUT2D eigenvalue weighted by molar-refractivity contribution is 6.30. The number of anilines is 1. The number of rotatable bonds is 4. The van der Waals surface area contributed by atoms with Crippen molar-refractivity contribution < 1.29 is 9.90 Å². The van der Waals surface area contributed by atoms with Crippen LogP contribution in [0.4, 0.5) is 5.95 Å². The third kappa shape index (κ3) is 3.05. The molecule has 1 aromatic heterocycles. The summed E-state index contributed by atoms with van der Waals surface area (Å²) >= 11 is 5.87. The number of carboxylic acids is 1. The molecular weight excluding hydrogens is 278 g/mol. The molecule has 0 radical (unpaired) electrons. The molecule has 2 rings (SSSR count). The number of carboxylic acid groups (broad SMARTS) is 1. The second-order valence-electron chi connectivity index (χ2n) is 4.42. The molecule has 0 spiro atoms. The van der Waals surface area contributed by atoms with E-state index in [2.05, 4.69) is 9.97 Å². The van der Waals surface area contributed by atoms with Crippen LogP contribution in [0.5, 0.6) is 0 Å². The predicted molar refractivity (Wildman–Crippen MR) is 77.3 cm³/mol. The molecule has 1 aromatic carbocycles. The van der Waals surface area contributed by atoms with Gasteiger partial charge in [0.25, 0.3) is 0 Å². The third-order valence-electron chi connectivity index (χ3n) is 3.13. The Morgan fingerprint density at radius 2 is 1.80 bits per heavy atom. The normalized spacial score (nSPS) is 11.9. The lowest BCUT2D eigenvalue weighted by Crippen LogP contribution is -2.23. The molecule has 1 heterocycles. The van der Waals surface area contributed by atoms with Crippen molar-refractivity contribution in [2.45, 2.75) is 13.0 Å². The molecule has 0 bridgehead atoms. The molecule has 0 aliphatic rings. The Morgan fingerprint density at radius 1 is 1.25 bits per heavy atom. The van der Waals surface area contributed by atoms with E-state index in [4.69, 9.17) is 16.7 Å². The quantitative estimate of drug-likeness (QED) is 0.938. The Labute approximate surface area is 121 Å². The van der Waals surface area contributed by atoms with Gasteiger partial charge < -0.3 is 10.0 Å². The van der Waals surface area contributed by atoms with Gasteiger partial charge in [0.2, 0.25) is 5.95 Å². The minimum atomic E-state index is -1.04. The van der Waals surface area contributed by atoms with Gasteiger partial charge in [-0.1, -0.05) is 23.7 Å². The van der Waals surface area contributed by atoms with Crippen LogP contribution >= 0.6 is 11.6 Å². The summed E-state index contributed by atoms with van der Waals surface area (Å²) in [5, 5.41) is 9.51. The summed E-state index contributed by atoms with van der Waals surface area (Å²) in [6.45, 7) is 2.01. The molecule has 0 saturated carbocycles. The fraction of sp³-hybridized carbons (Fsp3) is 0.214. The van der Waals surface area contributed by atoms with Crippen molar-refractivity contribution in [1.82, 2.24) is 9.97 Å². The van der Waals surface area contributed by atoms with E-state index in [1.807, 2.05) is 43.1 Å². The van der Waals surface area contributed by atoms with E-state index in [-0.39, 0.29) is 11.6 Å². The number of hydrogen-bond donors (Lipinski definition) is 1. The molecule has 0 aliphatic carbocycles. The Hall–Kier alpha value is -2.14. The molecule has 2 aromatic rings. The van der Waals surface area contributed by atoms with Gasteiger partial charge in [-0.15, -0.1) is 0 Å². The van der Waals surface area contributed by atoms with E-state index in [9.17, 15) is 4.79 Å². The molecule has 20 heavy (non-hydrogen) atoms. The number of halogens is 1.